The summed E-state index contributed by atoms with van der Waals surface area (Å²) in [6.45, 7) is 0. The molecule has 94 valence electrons. The summed E-state index contributed by atoms with van der Waals surface area (Å²) in [5, 5.41) is 0. The van der Waals surface area contributed by atoms with Gasteiger partial charge in [-0.15, -0.1) is 0 Å². The second-order valence-corrected chi connectivity index (χ2v) is 6.11. The fourth-order valence-corrected chi connectivity index (χ4v) is 1.91. The van der Waals surface area contributed by atoms with Gasteiger partial charge in [-0.1, -0.05) is 31.9 Å². The van der Waals surface area contributed by atoms with E-state index in [0.29, 0.717) is 22.8 Å². The first kappa shape index (κ1) is 14.3. The van der Waals surface area contributed by atoms with E-state index < -0.39 is 3.74 Å². The molecule has 0 bridgehead atoms. The molecule has 0 saturated heterocycles. The third-order valence-electron chi connectivity index (χ3n) is 2.17. The average Bonchev–Trinajstić information content (AvgIpc) is 2.35. The molecule has 0 saturated carbocycles. The maximum atomic E-state index is 11.9. The van der Waals surface area contributed by atoms with Crippen LogP contribution >= 0.6 is 31.9 Å². The molecule has 0 aromatic heterocycles. The van der Waals surface area contributed by atoms with Crippen LogP contribution in [0.5, 0.6) is 17.2 Å². The van der Waals surface area contributed by atoms with E-state index in [9.17, 15) is 4.79 Å². The summed E-state index contributed by atoms with van der Waals surface area (Å²) in [6, 6.07) is 3.30. The van der Waals surface area contributed by atoms with Gasteiger partial charge in [0, 0.05) is 0 Å². The number of hydrogen-bond donors (Lipinski definition) is 0. The molecular formula is C11H12Br2O4. The molecule has 1 aromatic carbocycles. The zero-order chi connectivity index (χ0) is 13.0. The Kier molecular flexibility index (Phi) is 5.27. The maximum absolute atomic E-state index is 11.9. The topological polar surface area (TPSA) is 44.8 Å². The van der Waals surface area contributed by atoms with Crippen molar-refractivity contribution >= 4 is 37.6 Å². The van der Waals surface area contributed by atoms with Gasteiger partial charge >= 0.3 is 0 Å². The Labute approximate surface area is 116 Å². The Morgan fingerprint density at radius 3 is 2.06 bits per heavy atom. The first-order chi connectivity index (χ1) is 8.06. The van der Waals surface area contributed by atoms with Gasteiger partial charge in [-0.3, -0.25) is 4.79 Å². The van der Waals surface area contributed by atoms with Gasteiger partial charge in [0.15, 0.2) is 17.3 Å². The zero-order valence-corrected chi connectivity index (χ0v) is 12.8. The highest BCUT2D eigenvalue weighted by atomic mass is 79.9. The molecule has 0 unspecified atom stereocenters. The molecule has 0 fully saturated rings. The number of alkyl halides is 2. The predicted octanol–water partition coefficient (Wildman–Crippen LogP) is 3.01. The lowest BCUT2D eigenvalue weighted by Crippen LogP contribution is -2.10. The van der Waals surface area contributed by atoms with Crippen molar-refractivity contribution < 1.29 is 19.0 Å². The Hall–Kier alpha value is -0.750. The van der Waals surface area contributed by atoms with Crippen molar-refractivity contribution in [2.75, 3.05) is 21.3 Å². The lowest BCUT2D eigenvalue weighted by Gasteiger charge is -2.15. The third-order valence-corrected chi connectivity index (χ3v) is 3.00. The molecule has 1 rings (SSSR count). The Balaban J connectivity index is 3.38. The fraction of sp³-hybridized carbons (Fsp3) is 0.364. The number of halogens is 2. The van der Waals surface area contributed by atoms with Crippen LogP contribution in [0.15, 0.2) is 12.1 Å². The van der Waals surface area contributed by atoms with Crippen molar-refractivity contribution in [1.29, 1.82) is 0 Å². The quantitative estimate of drug-likeness (QED) is 0.592. The highest BCUT2D eigenvalue weighted by molar-refractivity contribution is 9.25. The number of methoxy groups -OCH3 is 3. The molecular weight excluding hydrogens is 356 g/mol. The number of rotatable bonds is 5. The van der Waals surface area contributed by atoms with Crippen LogP contribution in [-0.2, 0) is 0 Å². The lowest BCUT2D eigenvalue weighted by molar-refractivity contribution is 0.101. The minimum atomic E-state index is -0.470. The molecule has 1 aromatic rings. The third kappa shape index (κ3) is 2.93. The molecule has 0 aliphatic carbocycles. The van der Waals surface area contributed by atoms with Crippen LogP contribution in [0.3, 0.4) is 0 Å². The lowest BCUT2D eigenvalue weighted by atomic mass is 10.1. The molecule has 17 heavy (non-hydrogen) atoms. The van der Waals surface area contributed by atoms with Gasteiger partial charge in [0.25, 0.3) is 0 Å². The van der Waals surface area contributed by atoms with E-state index in [1.807, 2.05) is 0 Å². The monoisotopic (exact) mass is 366 g/mol. The highest BCUT2D eigenvalue weighted by Crippen LogP contribution is 2.40. The number of benzene rings is 1. The Morgan fingerprint density at radius 2 is 1.65 bits per heavy atom. The van der Waals surface area contributed by atoms with Crippen LogP contribution in [0.4, 0.5) is 0 Å². The van der Waals surface area contributed by atoms with Gasteiger partial charge in [-0.05, 0) is 12.1 Å². The number of ether oxygens (including phenoxy) is 3. The van der Waals surface area contributed by atoms with Crippen molar-refractivity contribution in [3.05, 3.63) is 17.7 Å². The van der Waals surface area contributed by atoms with Crippen LogP contribution in [0.2, 0.25) is 0 Å². The molecule has 6 heteroatoms. The normalized spacial score (nSPS) is 10.2. The van der Waals surface area contributed by atoms with E-state index in [1.165, 1.54) is 21.3 Å². The van der Waals surface area contributed by atoms with E-state index in [1.54, 1.807) is 12.1 Å². The van der Waals surface area contributed by atoms with E-state index >= 15 is 0 Å². The number of hydrogen-bond acceptors (Lipinski definition) is 4. The molecule has 0 aliphatic rings. The fourth-order valence-electron chi connectivity index (χ4n) is 1.41. The first-order valence-electron chi connectivity index (χ1n) is 4.68. The summed E-state index contributed by atoms with van der Waals surface area (Å²) in [7, 11) is 4.50. The number of Topliss-reactive ketones (excluding diaryl/α,β-unsaturated/α-hetero) is 1. The number of ketones is 1. The van der Waals surface area contributed by atoms with Gasteiger partial charge in [-0.25, -0.2) is 0 Å². The minimum absolute atomic E-state index is 0.150. The smallest absolute Gasteiger partial charge is 0.204 e. The molecule has 4 nitrogen and oxygen atoms in total. The van der Waals surface area contributed by atoms with Gasteiger partial charge in [0.05, 0.1) is 26.9 Å². The summed E-state index contributed by atoms with van der Waals surface area (Å²) in [6.07, 6.45) is 0. The molecule has 0 amide bonds. The van der Waals surface area contributed by atoms with Gasteiger partial charge in [0.1, 0.15) is 3.74 Å². The van der Waals surface area contributed by atoms with Crippen LogP contribution in [0.25, 0.3) is 0 Å². The van der Waals surface area contributed by atoms with E-state index in [4.69, 9.17) is 14.2 Å². The Bertz CT molecular complexity index is 418. The van der Waals surface area contributed by atoms with Gasteiger partial charge in [-0.2, -0.15) is 0 Å². The summed E-state index contributed by atoms with van der Waals surface area (Å²) in [5.74, 6) is 1.13. The van der Waals surface area contributed by atoms with Crippen molar-refractivity contribution in [2.45, 2.75) is 3.74 Å². The summed E-state index contributed by atoms with van der Waals surface area (Å²) < 4.78 is 15.1. The van der Waals surface area contributed by atoms with Crippen molar-refractivity contribution in [1.82, 2.24) is 0 Å². The Morgan fingerprint density at radius 1 is 1.06 bits per heavy atom. The van der Waals surface area contributed by atoms with Crippen LogP contribution < -0.4 is 14.2 Å². The van der Waals surface area contributed by atoms with Gasteiger partial charge in [0.2, 0.25) is 5.75 Å². The molecule has 0 N–H and O–H groups in total. The van der Waals surface area contributed by atoms with E-state index in [2.05, 4.69) is 31.9 Å². The molecule has 0 atom stereocenters. The number of carbonyl (C=O) groups is 1. The van der Waals surface area contributed by atoms with Crippen molar-refractivity contribution in [3.8, 4) is 17.2 Å². The van der Waals surface area contributed by atoms with Crippen LogP contribution in [0, 0.1) is 0 Å². The number of carbonyl (C=O) groups excluding carboxylic acids is 1. The van der Waals surface area contributed by atoms with Crippen molar-refractivity contribution in [2.24, 2.45) is 0 Å². The second kappa shape index (κ2) is 6.26. The summed E-state index contributed by atoms with van der Waals surface area (Å²) in [4.78, 5) is 11.9. The largest absolute Gasteiger partial charge is 0.493 e. The summed E-state index contributed by atoms with van der Waals surface area (Å²) >= 11 is 6.32. The van der Waals surface area contributed by atoms with E-state index in [0.717, 1.165) is 0 Å². The van der Waals surface area contributed by atoms with Gasteiger partial charge < -0.3 is 14.2 Å². The standard InChI is InChI=1S/C11H12Br2O4/c1-15-7-5-4-6(8(14)11(12)13)9(16-2)10(7)17-3/h4-5,11H,1-3H3. The van der Waals surface area contributed by atoms with Crippen molar-refractivity contribution in [3.63, 3.8) is 0 Å². The molecule has 0 radical (unpaired) electrons. The molecule has 0 aliphatic heterocycles. The minimum Gasteiger partial charge on any atom is -0.493 e. The highest BCUT2D eigenvalue weighted by Gasteiger charge is 2.23. The average molecular weight is 368 g/mol. The molecule has 0 heterocycles. The second-order valence-electron chi connectivity index (χ2n) is 3.05. The predicted molar refractivity (Wildman–Crippen MR) is 72.1 cm³/mol. The SMILES string of the molecule is COc1ccc(C(=O)C(Br)Br)c(OC)c1OC. The summed E-state index contributed by atoms with van der Waals surface area (Å²) in [5.41, 5.74) is 0.420. The van der Waals surface area contributed by atoms with Crippen LogP contribution in [0.1, 0.15) is 10.4 Å². The van der Waals surface area contributed by atoms with Crippen LogP contribution in [-0.4, -0.2) is 30.8 Å². The molecule has 0 spiro atoms. The zero-order valence-electron chi connectivity index (χ0n) is 9.62. The first-order valence-corrected chi connectivity index (χ1v) is 6.51. The van der Waals surface area contributed by atoms with E-state index in [-0.39, 0.29) is 5.78 Å². The maximum Gasteiger partial charge on any atom is 0.204 e.